The summed E-state index contributed by atoms with van der Waals surface area (Å²) >= 11 is 0. The van der Waals surface area contributed by atoms with E-state index in [1.165, 1.54) is 77.3 Å². The van der Waals surface area contributed by atoms with Crippen LogP contribution in [0.4, 0.5) is 11.4 Å². The Hall–Kier alpha value is -7.42. The van der Waals surface area contributed by atoms with E-state index in [9.17, 15) is 0 Å². The molecule has 2 aliphatic carbocycles. The number of allylic oxidation sites excluding steroid dienone is 3. The van der Waals surface area contributed by atoms with Gasteiger partial charge in [0.15, 0.2) is 0 Å². The van der Waals surface area contributed by atoms with Crippen LogP contribution in [0.2, 0.25) is 0 Å². The molecular weight excluding hydrogens is 739 g/mol. The third-order valence-electron chi connectivity index (χ3n) is 13.4. The van der Waals surface area contributed by atoms with E-state index in [1.54, 1.807) is 0 Å². The topological polar surface area (TPSA) is 16.4 Å². The summed E-state index contributed by atoms with van der Waals surface area (Å²) in [5.41, 5.74) is 16.8. The largest absolute Gasteiger partial charge is 0.456 e. The van der Waals surface area contributed by atoms with Crippen molar-refractivity contribution in [2.24, 2.45) is 0 Å². The van der Waals surface area contributed by atoms with Gasteiger partial charge < -0.3 is 9.32 Å². The van der Waals surface area contributed by atoms with E-state index >= 15 is 0 Å². The molecule has 0 spiro atoms. The van der Waals surface area contributed by atoms with Gasteiger partial charge in [-0.15, -0.1) is 0 Å². The fourth-order valence-corrected chi connectivity index (χ4v) is 10.5. The molecule has 1 aromatic heterocycles. The third kappa shape index (κ3) is 5.70. The van der Waals surface area contributed by atoms with Gasteiger partial charge in [0, 0.05) is 39.2 Å². The molecule has 0 radical (unpaired) electrons. The molecule has 0 saturated heterocycles. The van der Waals surface area contributed by atoms with Crippen LogP contribution in [0.5, 0.6) is 0 Å². The van der Waals surface area contributed by atoms with E-state index in [4.69, 9.17) is 4.42 Å². The van der Waals surface area contributed by atoms with E-state index in [-0.39, 0.29) is 11.3 Å². The second-order valence-corrected chi connectivity index (χ2v) is 17.2. The highest BCUT2D eigenvalue weighted by molar-refractivity contribution is 6.09. The van der Waals surface area contributed by atoms with E-state index < -0.39 is 0 Å². The van der Waals surface area contributed by atoms with Crippen molar-refractivity contribution in [2.45, 2.75) is 31.6 Å². The van der Waals surface area contributed by atoms with Crippen LogP contribution in [0.3, 0.4) is 0 Å². The smallest absolute Gasteiger partial charge is 0.135 e. The Labute approximate surface area is 356 Å². The molecule has 0 amide bonds. The minimum atomic E-state index is -0.114. The first-order valence-corrected chi connectivity index (χ1v) is 21.4. The number of hydrogen-bond donors (Lipinski definition) is 0. The van der Waals surface area contributed by atoms with Crippen molar-refractivity contribution < 1.29 is 4.42 Å². The highest BCUT2D eigenvalue weighted by Crippen LogP contribution is 2.52. The predicted molar refractivity (Wildman–Crippen MR) is 257 cm³/mol. The third-order valence-corrected chi connectivity index (χ3v) is 13.4. The highest BCUT2D eigenvalue weighted by Gasteiger charge is 2.37. The van der Waals surface area contributed by atoms with Crippen molar-refractivity contribution in [3.8, 4) is 33.4 Å². The van der Waals surface area contributed by atoms with Crippen LogP contribution in [-0.4, -0.2) is 0 Å². The van der Waals surface area contributed by atoms with Gasteiger partial charge in [-0.2, -0.15) is 0 Å². The SMILES string of the molecule is CC1(C)c2ccccc2-c2cccc(-c3cccc(N(C4=CCC(c5cccc6c5ccc5ccccc56)C=C4)c4ccc(-c5ccc6oc7ccccc7c6c5)cc4)c3)c21. The number of hydrogen-bond acceptors (Lipinski definition) is 2. The molecule has 0 aliphatic heterocycles. The van der Waals surface area contributed by atoms with Crippen LogP contribution >= 0.6 is 0 Å². The maximum atomic E-state index is 6.16. The van der Waals surface area contributed by atoms with Crippen LogP contribution in [0.15, 0.2) is 216 Å². The number of anilines is 2. The molecule has 9 aromatic carbocycles. The van der Waals surface area contributed by atoms with Gasteiger partial charge in [0.2, 0.25) is 0 Å². The number of nitrogens with zero attached hydrogens (tertiary/aromatic N) is 1. The Kier molecular flexibility index (Phi) is 8.05. The van der Waals surface area contributed by atoms with Gasteiger partial charge in [-0.05, 0) is 127 Å². The zero-order valence-corrected chi connectivity index (χ0v) is 34.3. The average molecular weight is 782 g/mol. The van der Waals surface area contributed by atoms with Crippen molar-refractivity contribution in [2.75, 3.05) is 4.90 Å². The molecule has 2 nitrogen and oxygen atoms in total. The van der Waals surface area contributed by atoms with E-state index in [2.05, 4.69) is 213 Å². The molecule has 10 aromatic rings. The summed E-state index contributed by atoms with van der Waals surface area (Å²) in [6.07, 6.45) is 8.09. The quantitative estimate of drug-likeness (QED) is 0.156. The summed E-state index contributed by atoms with van der Waals surface area (Å²) in [4.78, 5) is 2.44. The molecule has 0 saturated carbocycles. The average Bonchev–Trinajstić information content (AvgIpc) is 3.81. The van der Waals surface area contributed by atoms with E-state index in [0.29, 0.717) is 0 Å². The molecule has 1 unspecified atom stereocenters. The maximum absolute atomic E-state index is 6.16. The molecule has 2 heteroatoms. The summed E-state index contributed by atoms with van der Waals surface area (Å²) in [5.74, 6) is 0.272. The van der Waals surface area contributed by atoms with Crippen molar-refractivity contribution in [1.29, 1.82) is 0 Å². The van der Waals surface area contributed by atoms with Crippen LogP contribution in [0.25, 0.3) is 76.9 Å². The van der Waals surface area contributed by atoms with Gasteiger partial charge in [-0.1, -0.05) is 172 Å². The van der Waals surface area contributed by atoms with E-state index in [1.807, 2.05) is 12.1 Å². The molecule has 12 rings (SSSR count). The maximum Gasteiger partial charge on any atom is 0.135 e. The summed E-state index contributed by atoms with van der Waals surface area (Å²) in [6.45, 7) is 4.75. The second kappa shape index (κ2) is 13.8. The van der Waals surface area contributed by atoms with E-state index in [0.717, 1.165) is 39.7 Å². The van der Waals surface area contributed by atoms with Crippen LogP contribution in [-0.2, 0) is 5.41 Å². The lowest BCUT2D eigenvalue weighted by atomic mass is 9.79. The number of furan rings is 1. The molecule has 290 valence electrons. The normalized spacial score (nSPS) is 15.3. The summed E-state index contributed by atoms with van der Waals surface area (Å²) in [7, 11) is 0. The Balaban J connectivity index is 0.947. The fourth-order valence-electron chi connectivity index (χ4n) is 10.5. The van der Waals surface area contributed by atoms with Crippen molar-refractivity contribution in [1.82, 2.24) is 0 Å². The number of rotatable bonds is 6. The minimum absolute atomic E-state index is 0.114. The highest BCUT2D eigenvalue weighted by atomic mass is 16.3. The molecule has 1 heterocycles. The Bertz CT molecular complexity index is 3430. The first kappa shape index (κ1) is 35.5. The van der Waals surface area contributed by atoms with Crippen LogP contribution < -0.4 is 4.90 Å². The lowest BCUT2D eigenvalue weighted by Crippen LogP contribution is -2.18. The predicted octanol–water partition coefficient (Wildman–Crippen LogP) is 16.3. The van der Waals surface area contributed by atoms with Gasteiger partial charge >= 0.3 is 0 Å². The molecule has 1 atom stereocenters. The van der Waals surface area contributed by atoms with Crippen LogP contribution in [0.1, 0.15) is 42.9 Å². The molecular formula is C59H43NO. The lowest BCUT2D eigenvalue weighted by Gasteiger charge is -2.30. The second-order valence-electron chi connectivity index (χ2n) is 17.2. The van der Waals surface area contributed by atoms with Gasteiger partial charge in [0.1, 0.15) is 11.2 Å². The lowest BCUT2D eigenvalue weighted by molar-refractivity contribution is 0.662. The van der Waals surface area contributed by atoms with Gasteiger partial charge in [0.25, 0.3) is 0 Å². The summed E-state index contributed by atoms with van der Waals surface area (Å²) in [5, 5.41) is 7.51. The first-order valence-electron chi connectivity index (χ1n) is 21.4. The fraction of sp³-hybridized carbons (Fsp3) is 0.0847. The van der Waals surface area contributed by atoms with Crippen molar-refractivity contribution in [3.05, 3.63) is 229 Å². The summed E-state index contributed by atoms with van der Waals surface area (Å²) in [6, 6.07) is 68.9. The van der Waals surface area contributed by atoms with Gasteiger partial charge in [-0.25, -0.2) is 0 Å². The van der Waals surface area contributed by atoms with Crippen molar-refractivity contribution in [3.63, 3.8) is 0 Å². The zero-order chi connectivity index (χ0) is 40.7. The molecule has 0 fully saturated rings. The Morgan fingerprint density at radius 1 is 0.492 bits per heavy atom. The van der Waals surface area contributed by atoms with Gasteiger partial charge in [-0.3, -0.25) is 0 Å². The molecule has 0 N–H and O–H groups in total. The number of para-hydroxylation sites is 1. The molecule has 0 bridgehead atoms. The molecule has 61 heavy (non-hydrogen) atoms. The Morgan fingerprint density at radius 2 is 1.21 bits per heavy atom. The van der Waals surface area contributed by atoms with Gasteiger partial charge in [0.05, 0.1) is 0 Å². The monoisotopic (exact) mass is 781 g/mol. The number of fused-ring (bicyclic) bond motifs is 9. The standard InChI is InChI=1S/C59H43NO/c1-59(2)55-22-7-5-16-51(55)53-21-11-19-48(58(53)59)42-13-9-14-45(36-42)60(43-30-24-38(25-31-43)41-29-35-57-54(37-41)52-17-6-8-23-56(52)61-57)44-32-26-40(27-33-44)47-18-10-20-49-46-15-4-3-12-39(46)28-34-50(47)49/h3-26,28-37,40H,27H2,1-2H3. The Morgan fingerprint density at radius 3 is 2.10 bits per heavy atom. The number of benzene rings is 9. The first-order chi connectivity index (χ1) is 30.0. The van der Waals surface area contributed by atoms with Crippen molar-refractivity contribution >= 4 is 54.9 Å². The zero-order valence-electron chi connectivity index (χ0n) is 34.3. The molecule has 2 aliphatic rings. The van der Waals surface area contributed by atoms with Crippen LogP contribution in [0, 0.1) is 0 Å². The summed E-state index contributed by atoms with van der Waals surface area (Å²) < 4.78 is 6.16. The minimum Gasteiger partial charge on any atom is -0.456 e.